The van der Waals surface area contributed by atoms with E-state index in [1.165, 1.54) is 0 Å². The van der Waals surface area contributed by atoms with Gasteiger partial charge in [-0.25, -0.2) is 0 Å². The molecule has 0 aliphatic carbocycles. The minimum absolute atomic E-state index is 0.216. The van der Waals surface area contributed by atoms with Gasteiger partial charge in [0.25, 0.3) is 11.8 Å². The van der Waals surface area contributed by atoms with Crippen molar-refractivity contribution in [2.24, 2.45) is 5.73 Å². The third-order valence-corrected chi connectivity index (χ3v) is 3.43. The van der Waals surface area contributed by atoms with Crippen LogP contribution in [0.3, 0.4) is 0 Å². The molecule has 3 N–H and O–H groups in total. The molecule has 2 amide bonds. The largest absolute Gasteiger partial charge is 0.483 e. The van der Waals surface area contributed by atoms with Crippen molar-refractivity contribution in [1.82, 2.24) is 5.43 Å². The van der Waals surface area contributed by atoms with Crippen molar-refractivity contribution in [2.75, 3.05) is 18.2 Å². The third-order valence-electron chi connectivity index (χ3n) is 3.43. The Labute approximate surface area is 141 Å². The van der Waals surface area contributed by atoms with Gasteiger partial charge >= 0.3 is 0 Å². The van der Waals surface area contributed by atoms with Crippen LogP contribution in [0.25, 0.3) is 0 Å². The van der Waals surface area contributed by atoms with Crippen molar-refractivity contribution in [3.05, 3.63) is 59.7 Å². The van der Waals surface area contributed by atoms with Gasteiger partial charge in [0, 0.05) is 6.54 Å². The molecule has 0 heterocycles. The second-order valence-electron chi connectivity index (χ2n) is 5.26. The van der Waals surface area contributed by atoms with Gasteiger partial charge in [0.15, 0.2) is 6.61 Å². The maximum atomic E-state index is 12.1. The van der Waals surface area contributed by atoms with E-state index in [2.05, 4.69) is 5.43 Å². The summed E-state index contributed by atoms with van der Waals surface area (Å²) in [5, 5.41) is 1.73. The van der Waals surface area contributed by atoms with Gasteiger partial charge in [-0.2, -0.15) is 0 Å². The Balaban J connectivity index is 1.97. The minimum Gasteiger partial charge on any atom is -0.483 e. The molecule has 0 spiro atoms. The topological polar surface area (TPSA) is 84.7 Å². The maximum absolute atomic E-state index is 12.1. The maximum Gasteiger partial charge on any atom is 0.276 e. The highest BCUT2D eigenvalue weighted by molar-refractivity contribution is 5.95. The molecule has 0 fully saturated rings. The Kier molecular flexibility index (Phi) is 5.78. The summed E-state index contributed by atoms with van der Waals surface area (Å²) in [6.07, 6.45) is 0. The summed E-state index contributed by atoms with van der Waals surface area (Å²) in [4.78, 5) is 23.4. The average Bonchev–Trinajstić information content (AvgIpc) is 2.59. The van der Waals surface area contributed by atoms with Crippen molar-refractivity contribution >= 4 is 17.5 Å². The van der Waals surface area contributed by atoms with E-state index in [1.54, 1.807) is 29.3 Å². The molecule has 0 bridgehead atoms. The molecule has 2 aromatic carbocycles. The molecule has 6 heteroatoms. The summed E-state index contributed by atoms with van der Waals surface area (Å²) >= 11 is 0. The first-order chi connectivity index (χ1) is 11.5. The molecule has 24 heavy (non-hydrogen) atoms. The molecular formula is C18H21N3O3. The van der Waals surface area contributed by atoms with Crippen LogP contribution in [0.15, 0.2) is 48.5 Å². The van der Waals surface area contributed by atoms with E-state index in [4.69, 9.17) is 10.5 Å². The summed E-state index contributed by atoms with van der Waals surface area (Å²) in [6, 6.07) is 14.4. The highest BCUT2D eigenvalue weighted by Crippen LogP contribution is 2.17. The van der Waals surface area contributed by atoms with Gasteiger partial charge in [-0.15, -0.1) is 0 Å². The Morgan fingerprint density at radius 1 is 1.12 bits per heavy atom. The van der Waals surface area contributed by atoms with Gasteiger partial charge in [-0.05, 0) is 38.1 Å². The predicted molar refractivity (Wildman–Crippen MR) is 92.8 cm³/mol. The van der Waals surface area contributed by atoms with Crippen LogP contribution in [0, 0.1) is 6.92 Å². The van der Waals surface area contributed by atoms with Crippen LogP contribution >= 0.6 is 0 Å². The Morgan fingerprint density at radius 2 is 1.79 bits per heavy atom. The number of aryl methyl sites for hydroxylation is 1. The smallest absolute Gasteiger partial charge is 0.276 e. The number of para-hydroxylation sites is 1. The second-order valence-corrected chi connectivity index (χ2v) is 5.26. The molecule has 0 saturated carbocycles. The lowest BCUT2D eigenvalue weighted by molar-refractivity contribution is -0.123. The second kappa shape index (κ2) is 8.01. The first-order valence-electron chi connectivity index (χ1n) is 7.66. The number of primary amides is 1. The van der Waals surface area contributed by atoms with Crippen LogP contribution in [-0.4, -0.2) is 25.0 Å². The van der Waals surface area contributed by atoms with Gasteiger partial charge in [0.2, 0.25) is 0 Å². The van der Waals surface area contributed by atoms with Crippen LogP contribution < -0.4 is 20.9 Å². The monoisotopic (exact) mass is 327 g/mol. The molecular weight excluding hydrogens is 306 g/mol. The van der Waals surface area contributed by atoms with Crippen molar-refractivity contribution in [3.8, 4) is 5.75 Å². The molecule has 0 aliphatic heterocycles. The molecule has 2 aromatic rings. The zero-order valence-electron chi connectivity index (χ0n) is 13.8. The fraction of sp³-hybridized carbons (Fsp3) is 0.222. The molecule has 0 aliphatic rings. The van der Waals surface area contributed by atoms with Gasteiger partial charge in [-0.3, -0.25) is 20.0 Å². The van der Waals surface area contributed by atoms with Crippen LogP contribution in [0.4, 0.5) is 5.69 Å². The number of carbonyl (C=O) groups is 2. The van der Waals surface area contributed by atoms with Gasteiger partial charge in [0.1, 0.15) is 5.75 Å². The number of hydrogen-bond donors (Lipinski definition) is 2. The quantitative estimate of drug-likeness (QED) is 0.762. The molecule has 0 saturated heterocycles. The van der Waals surface area contributed by atoms with Crippen molar-refractivity contribution < 1.29 is 14.3 Å². The normalized spacial score (nSPS) is 10.1. The van der Waals surface area contributed by atoms with Crippen molar-refractivity contribution in [1.29, 1.82) is 0 Å². The van der Waals surface area contributed by atoms with E-state index in [9.17, 15) is 9.59 Å². The SMILES string of the molecule is CCN(NC(=O)COc1ccccc1C(N)=O)c1ccc(C)cc1. The number of ether oxygens (including phenoxy) is 1. The first-order valence-corrected chi connectivity index (χ1v) is 7.66. The van der Waals surface area contributed by atoms with Crippen LogP contribution in [-0.2, 0) is 4.79 Å². The van der Waals surface area contributed by atoms with Crippen molar-refractivity contribution in [3.63, 3.8) is 0 Å². The molecule has 0 unspecified atom stereocenters. The van der Waals surface area contributed by atoms with E-state index in [-0.39, 0.29) is 18.1 Å². The number of anilines is 1. The van der Waals surface area contributed by atoms with Gasteiger partial charge in [-0.1, -0.05) is 29.8 Å². The van der Waals surface area contributed by atoms with Gasteiger partial charge in [0.05, 0.1) is 11.3 Å². The summed E-state index contributed by atoms with van der Waals surface area (Å²) in [6.45, 7) is 4.32. The summed E-state index contributed by atoms with van der Waals surface area (Å²) in [7, 11) is 0. The molecule has 0 atom stereocenters. The highest BCUT2D eigenvalue weighted by Gasteiger charge is 2.12. The van der Waals surface area contributed by atoms with E-state index in [0.717, 1.165) is 11.3 Å². The fourth-order valence-corrected chi connectivity index (χ4v) is 2.17. The molecule has 0 aromatic heterocycles. The van der Waals surface area contributed by atoms with Gasteiger partial charge < -0.3 is 10.5 Å². The first kappa shape index (κ1) is 17.3. The number of carbonyl (C=O) groups excluding carboxylic acids is 2. The standard InChI is InChI=1S/C18H21N3O3/c1-3-21(14-10-8-13(2)9-11-14)20-17(22)12-24-16-7-5-4-6-15(16)18(19)23/h4-11H,3,12H2,1-2H3,(H2,19,23)(H,20,22). The summed E-state index contributed by atoms with van der Waals surface area (Å²) in [5.74, 6) is -0.629. The zero-order chi connectivity index (χ0) is 17.5. The molecule has 126 valence electrons. The van der Waals surface area contributed by atoms with Crippen LogP contribution in [0.5, 0.6) is 5.75 Å². The highest BCUT2D eigenvalue weighted by atomic mass is 16.5. The summed E-state index contributed by atoms with van der Waals surface area (Å²) in [5.41, 5.74) is 10.3. The predicted octanol–water partition coefficient (Wildman–Crippen LogP) is 2.03. The number of nitrogens with two attached hydrogens (primary N) is 1. The average molecular weight is 327 g/mol. The van der Waals surface area contributed by atoms with Crippen LogP contribution in [0.2, 0.25) is 0 Å². The van der Waals surface area contributed by atoms with E-state index < -0.39 is 5.91 Å². The summed E-state index contributed by atoms with van der Waals surface area (Å²) < 4.78 is 5.42. The number of rotatable bonds is 7. The number of amides is 2. The molecule has 2 rings (SSSR count). The molecule has 0 radical (unpaired) electrons. The lowest BCUT2D eigenvalue weighted by Crippen LogP contribution is -2.44. The number of nitrogens with one attached hydrogen (secondary N) is 1. The lowest BCUT2D eigenvalue weighted by atomic mass is 10.2. The lowest BCUT2D eigenvalue weighted by Gasteiger charge is -2.24. The Hall–Kier alpha value is -3.02. The fourth-order valence-electron chi connectivity index (χ4n) is 2.17. The van der Waals surface area contributed by atoms with E-state index >= 15 is 0 Å². The van der Waals surface area contributed by atoms with Crippen molar-refractivity contribution in [2.45, 2.75) is 13.8 Å². The van der Waals surface area contributed by atoms with E-state index in [1.807, 2.05) is 38.1 Å². The number of benzene rings is 2. The Morgan fingerprint density at radius 3 is 2.42 bits per heavy atom. The number of nitrogens with zero attached hydrogens (tertiary/aromatic N) is 1. The van der Waals surface area contributed by atoms with Crippen LogP contribution in [0.1, 0.15) is 22.8 Å². The zero-order valence-corrected chi connectivity index (χ0v) is 13.8. The molecule has 6 nitrogen and oxygen atoms in total. The third kappa shape index (κ3) is 4.49. The number of hydrogen-bond acceptors (Lipinski definition) is 4. The Bertz CT molecular complexity index is 714. The number of hydrazine groups is 1. The van der Waals surface area contributed by atoms with E-state index in [0.29, 0.717) is 12.3 Å². The minimum atomic E-state index is -0.596.